The number of nitrogens with zero attached hydrogens (tertiary/aromatic N) is 2. The van der Waals surface area contributed by atoms with Crippen LogP contribution in [0.1, 0.15) is 11.8 Å². The van der Waals surface area contributed by atoms with Gasteiger partial charge in [-0.3, -0.25) is 9.69 Å². The Balaban J connectivity index is 1.48. The third kappa shape index (κ3) is 5.10. The number of rotatable bonds is 7. The van der Waals surface area contributed by atoms with Crippen molar-refractivity contribution in [2.45, 2.75) is 23.6 Å². The number of nitrogens with one attached hydrogen (secondary N) is 1. The summed E-state index contributed by atoms with van der Waals surface area (Å²) in [6.45, 7) is 4.26. The van der Waals surface area contributed by atoms with Crippen molar-refractivity contribution in [3.8, 4) is 0 Å². The Kier molecular flexibility index (Phi) is 6.93. The summed E-state index contributed by atoms with van der Waals surface area (Å²) in [7, 11) is -3.51. The highest BCUT2D eigenvalue weighted by molar-refractivity contribution is 7.91. The van der Waals surface area contributed by atoms with Crippen molar-refractivity contribution in [2.24, 2.45) is 0 Å². The maximum absolute atomic E-state index is 12.6. The smallest absolute Gasteiger partial charge is 0.252 e. The van der Waals surface area contributed by atoms with E-state index >= 15 is 0 Å². The number of carbonyl (C=O) groups is 1. The standard InChI is InChI=1S/C17H22ClN3O3S3/c1-13(17(22)19-7-6-14-3-2-12-25-14)20-8-10-21(11-9-20)27(23,24)16-5-4-15(18)26-16/h2-5,12-13H,6-11H2,1H3,(H,19,22). The molecule has 1 aliphatic heterocycles. The Morgan fingerprint density at radius 2 is 2.00 bits per heavy atom. The maximum Gasteiger partial charge on any atom is 0.252 e. The number of hydrogen-bond acceptors (Lipinski definition) is 6. The second-order valence-electron chi connectivity index (χ2n) is 6.29. The third-order valence-corrected chi connectivity index (χ3v) is 9.13. The minimum absolute atomic E-state index is 0.0205. The van der Waals surface area contributed by atoms with Gasteiger partial charge >= 0.3 is 0 Å². The Morgan fingerprint density at radius 1 is 1.26 bits per heavy atom. The Morgan fingerprint density at radius 3 is 2.59 bits per heavy atom. The fourth-order valence-corrected chi connectivity index (χ4v) is 6.74. The summed E-state index contributed by atoms with van der Waals surface area (Å²) < 4.78 is 27.5. The minimum atomic E-state index is -3.51. The monoisotopic (exact) mass is 447 g/mol. The van der Waals surface area contributed by atoms with Gasteiger partial charge in [0.25, 0.3) is 10.0 Å². The lowest BCUT2D eigenvalue weighted by atomic mass is 10.2. The Labute approximate surface area is 172 Å². The molecule has 1 fully saturated rings. The first kappa shape index (κ1) is 20.8. The maximum atomic E-state index is 12.6. The highest BCUT2D eigenvalue weighted by atomic mass is 35.5. The molecular weight excluding hydrogens is 426 g/mol. The van der Waals surface area contributed by atoms with Crippen molar-refractivity contribution in [1.82, 2.24) is 14.5 Å². The summed E-state index contributed by atoms with van der Waals surface area (Å²) in [6, 6.07) is 6.91. The molecule has 0 aliphatic carbocycles. The van der Waals surface area contributed by atoms with Crippen LogP contribution in [0.15, 0.2) is 33.9 Å². The predicted octanol–water partition coefficient (Wildman–Crippen LogP) is 2.52. The van der Waals surface area contributed by atoms with Crippen LogP contribution in [0, 0.1) is 0 Å². The van der Waals surface area contributed by atoms with Gasteiger partial charge in [-0.25, -0.2) is 8.42 Å². The van der Waals surface area contributed by atoms with Gasteiger partial charge in [0.1, 0.15) is 4.21 Å². The summed E-state index contributed by atoms with van der Waals surface area (Å²) in [6.07, 6.45) is 0.825. The molecule has 1 N–H and O–H groups in total. The van der Waals surface area contributed by atoms with Crippen molar-refractivity contribution in [3.63, 3.8) is 0 Å². The fraction of sp³-hybridized carbons (Fsp3) is 0.471. The van der Waals surface area contributed by atoms with Gasteiger partial charge in [0, 0.05) is 37.6 Å². The van der Waals surface area contributed by atoms with Crippen LogP contribution in [0.3, 0.4) is 0 Å². The van der Waals surface area contributed by atoms with E-state index in [-0.39, 0.29) is 16.2 Å². The van der Waals surface area contributed by atoms with E-state index in [2.05, 4.69) is 11.4 Å². The van der Waals surface area contributed by atoms with Gasteiger partial charge in [-0.05, 0) is 36.9 Å². The molecule has 1 unspecified atom stereocenters. The first-order valence-electron chi connectivity index (χ1n) is 8.67. The van der Waals surface area contributed by atoms with E-state index in [4.69, 9.17) is 11.6 Å². The molecule has 2 aromatic rings. The fourth-order valence-electron chi connectivity index (χ4n) is 2.97. The Hall–Kier alpha value is -0.970. The molecule has 148 valence electrons. The highest BCUT2D eigenvalue weighted by Crippen LogP contribution is 2.28. The largest absolute Gasteiger partial charge is 0.354 e. The second kappa shape index (κ2) is 9.02. The van der Waals surface area contributed by atoms with E-state index in [0.29, 0.717) is 37.1 Å². The van der Waals surface area contributed by atoms with Crippen molar-refractivity contribution in [3.05, 3.63) is 38.9 Å². The molecule has 0 radical (unpaired) electrons. The van der Waals surface area contributed by atoms with Crippen LogP contribution in [0.25, 0.3) is 0 Å². The number of sulfonamides is 1. The van der Waals surface area contributed by atoms with Gasteiger partial charge in [0.2, 0.25) is 5.91 Å². The molecule has 6 nitrogen and oxygen atoms in total. The van der Waals surface area contributed by atoms with E-state index in [0.717, 1.165) is 17.8 Å². The molecule has 0 bridgehead atoms. The zero-order valence-corrected chi connectivity index (χ0v) is 18.1. The van der Waals surface area contributed by atoms with Gasteiger partial charge in [0.15, 0.2) is 0 Å². The molecule has 0 spiro atoms. The zero-order chi connectivity index (χ0) is 19.4. The normalized spacial score (nSPS) is 17.7. The van der Waals surface area contributed by atoms with Gasteiger partial charge in [0.05, 0.1) is 10.4 Å². The number of thiophene rings is 2. The SMILES string of the molecule is CC(C(=O)NCCc1cccs1)N1CCN(S(=O)(=O)c2ccc(Cl)s2)CC1. The summed E-state index contributed by atoms with van der Waals surface area (Å²) >= 11 is 8.61. The number of piperazine rings is 1. The summed E-state index contributed by atoms with van der Waals surface area (Å²) in [5.74, 6) is -0.0205. The molecule has 1 aliphatic rings. The zero-order valence-electron chi connectivity index (χ0n) is 14.9. The average molecular weight is 448 g/mol. The summed E-state index contributed by atoms with van der Waals surface area (Å²) in [5, 5.41) is 4.99. The molecule has 0 aromatic carbocycles. The van der Waals surface area contributed by atoms with Gasteiger partial charge in [-0.15, -0.1) is 22.7 Å². The van der Waals surface area contributed by atoms with Crippen molar-refractivity contribution in [2.75, 3.05) is 32.7 Å². The topological polar surface area (TPSA) is 69.7 Å². The van der Waals surface area contributed by atoms with Crippen LogP contribution in [-0.2, 0) is 21.2 Å². The Bertz CT molecular complexity index is 859. The van der Waals surface area contributed by atoms with Crippen LogP contribution >= 0.6 is 34.3 Å². The van der Waals surface area contributed by atoms with Crippen LogP contribution in [-0.4, -0.2) is 62.3 Å². The molecule has 0 saturated carbocycles. The lowest BCUT2D eigenvalue weighted by molar-refractivity contribution is -0.126. The predicted molar refractivity (Wildman–Crippen MR) is 110 cm³/mol. The van der Waals surface area contributed by atoms with Crippen LogP contribution in [0.5, 0.6) is 0 Å². The first-order chi connectivity index (χ1) is 12.9. The quantitative estimate of drug-likeness (QED) is 0.708. The third-order valence-electron chi connectivity index (χ3n) is 4.59. The molecule has 2 aromatic heterocycles. The summed E-state index contributed by atoms with van der Waals surface area (Å²) in [5.41, 5.74) is 0. The van der Waals surface area contributed by atoms with Crippen molar-refractivity contribution in [1.29, 1.82) is 0 Å². The number of carbonyl (C=O) groups excluding carboxylic acids is 1. The molecule has 1 amide bonds. The van der Waals surface area contributed by atoms with E-state index in [9.17, 15) is 13.2 Å². The van der Waals surface area contributed by atoms with Crippen LogP contribution < -0.4 is 5.32 Å². The second-order valence-corrected chi connectivity index (χ2v) is 11.2. The van der Waals surface area contributed by atoms with Crippen LogP contribution in [0.4, 0.5) is 0 Å². The number of hydrogen-bond donors (Lipinski definition) is 1. The van der Waals surface area contributed by atoms with Gasteiger partial charge < -0.3 is 5.32 Å². The molecule has 10 heteroatoms. The first-order valence-corrected chi connectivity index (χ1v) is 12.2. The molecule has 27 heavy (non-hydrogen) atoms. The summed E-state index contributed by atoms with van der Waals surface area (Å²) in [4.78, 5) is 15.6. The van der Waals surface area contributed by atoms with E-state index in [1.807, 2.05) is 23.3 Å². The van der Waals surface area contributed by atoms with Crippen molar-refractivity contribution >= 4 is 50.2 Å². The molecular formula is C17H22ClN3O3S3. The lowest BCUT2D eigenvalue weighted by Gasteiger charge is -2.36. The molecule has 3 heterocycles. The molecule has 1 saturated heterocycles. The van der Waals surface area contributed by atoms with Gasteiger partial charge in [-0.2, -0.15) is 4.31 Å². The van der Waals surface area contributed by atoms with E-state index in [1.165, 1.54) is 9.18 Å². The number of amides is 1. The minimum Gasteiger partial charge on any atom is -0.354 e. The van der Waals surface area contributed by atoms with E-state index < -0.39 is 10.0 Å². The molecule has 1 atom stereocenters. The number of halogens is 1. The lowest BCUT2D eigenvalue weighted by Crippen LogP contribution is -2.54. The van der Waals surface area contributed by atoms with Crippen molar-refractivity contribution < 1.29 is 13.2 Å². The molecule has 3 rings (SSSR count). The van der Waals surface area contributed by atoms with Gasteiger partial charge in [-0.1, -0.05) is 17.7 Å². The van der Waals surface area contributed by atoms with E-state index in [1.54, 1.807) is 23.5 Å². The van der Waals surface area contributed by atoms with Crippen LogP contribution in [0.2, 0.25) is 4.34 Å². The average Bonchev–Trinajstić information content (AvgIpc) is 3.33. The highest BCUT2D eigenvalue weighted by Gasteiger charge is 2.32.